The van der Waals surface area contributed by atoms with E-state index in [2.05, 4.69) is 34.3 Å². The molecule has 2 saturated carbocycles. The van der Waals surface area contributed by atoms with E-state index in [4.69, 9.17) is 4.74 Å². The summed E-state index contributed by atoms with van der Waals surface area (Å²) in [6.07, 6.45) is 9.74. The van der Waals surface area contributed by atoms with Crippen molar-refractivity contribution in [3.8, 4) is 0 Å². The van der Waals surface area contributed by atoms with Crippen molar-refractivity contribution in [2.45, 2.75) is 89.4 Å². The topological polar surface area (TPSA) is 29.5 Å². The van der Waals surface area contributed by atoms with Crippen molar-refractivity contribution >= 4 is 0 Å². The molecule has 120 valence electrons. The van der Waals surface area contributed by atoms with E-state index in [9.17, 15) is 5.11 Å². The smallest absolute Gasteiger partial charge is 0.0839 e. The van der Waals surface area contributed by atoms with Crippen molar-refractivity contribution in [3.05, 3.63) is 12.7 Å². The maximum Gasteiger partial charge on any atom is 0.0839 e. The molecule has 0 unspecified atom stereocenters. The highest BCUT2D eigenvalue weighted by Crippen LogP contribution is 2.63. The Labute approximate surface area is 130 Å². The predicted molar refractivity (Wildman–Crippen MR) is 86.1 cm³/mol. The molecule has 0 radical (unpaired) electrons. The highest BCUT2D eigenvalue weighted by atomic mass is 16.5. The van der Waals surface area contributed by atoms with Crippen molar-refractivity contribution in [2.24, 2.45) is 17.3 Å². The summed E-state index contributed by atoms with van der Waals surface area (Å²) in [6, 6.07) is 0. The molecule has 2 heteroatoms. The molecule has 6 atom stereocenters. The van der Waals surface area contributed by atoms with E-state index in [0.29, 0.717) is 11.8 Å². The second-order valence-electron chi connectivity index (χ2n) is 8.83. The molecule has 2 aliphatic carbocycles. The fraction of sp³-hybridized carbons (Fsp3) is 0.895. The van der Waals surface area contributed by atoms with Crippen LogP contribution in [0.4, 0.5) is 0 Å². The molecule has 2 nitrogen and oxygen atoms in total. The first-order chi connectivity index (χ1) is 9.65. The molecule has 3 rings (SSSR count). The molecule has 1 heterocycles. The second-order valence-corrected chi connectivity index (χ2v) is 8.83. The Morgan fingerprint density at radius 3 is 2.33 bits per heavy atom. The number of aliphatic hydroxyl groups is 1. The standard InChI is InChI=1S/C19H32O2/c1-6-16(2)12-8-15-17(3)10-7-11-18(4,20)14(17)9-13-19(15,5)21-16/h6,14-15,20H,1,7-13H2,2-5H3/t14-,15-,16-,17+,18-,19-/m1/s1. The van der Waals surface area contributed by atoms with Crippen LogP contribution in [0.15, 0.2) is 12.7 Å². The average Bonchev–Trinajstić information content (AvgIpc) is 2.36. The Hall–Kier alpha value is -0.340. The summed E-state index contributed by atoms with van der Waals surface area (Å²) < 4.78 is 6.60. The van der Waals surface area contributed by atoms with E-state index >= 15 is 0 Å². The summed E-state index contributed by atoms with van der Waals surface area (Å²) in [5.74, 6) is 0.983. The van der Waals surface area contributed by atoms with Gasteiger partial charge in [0.1, 0.15) is 0 Å². The molecule has 3 aliphatic rings. The minimum absolute atomic E-state index is 0.0557. The molecule has 0 amide bonds. The van der Waals surface area contributed by atoms with Crippen molar-refractivity contribution < 1.29 is 9.84 Å². The molecule has 3 fully saturated rings. The maximum absolute atomic E-state index is 10.9. The summed E-state index contributed by atoms with van der Waals surface area (Å²) in [4.78, 5) is 0. The summed E-state index contributed by atoms with van der Waals surface area (Å²) in [5, 5.41) is 10.9. The lowest BCUT2D eigenvalue weighted by molar-refractivity contribution is -0.261. The molecule has 1 N–H and O–H groups in total. The van der Waals surface area contributed by atoms with E-state index in [1.54, 1.807) is 0 Å². The summed E-state index contributed by atoms with van der Waals surface area (Å²) >= 11 is 0. The van der Waals surface area contributed by atoms with Gasteiger partial charge in [-0.3, -0.25) is 0 Å². The van der Waals surface area contributed by atoms with Crippen molar-refractivity contribution in [2.75, 3.05) is 0 Å². The monoisotopic (exact) mass is 292 g/mol. The maximum atomic E-state index is 10.9. The quantitative estimate of drug-likeness (QED) is 0.723. The largest absolute Gasteiger partial charge is 0.390 e. The van der Waals surface area contributed by atoms with Crippen LogP contribution in [0.2, 0.25) is 0 Å². The molecule has 0 aromatic rings. The summed E-state index contributed by atoms with van der Waals surface area (Å²) in [6.45, 7) is 13.0. The fourth-order valence-electron chi connectivity index (χ4n) is 6.16. The van der Waals surface area contributed by atoms with Gasteiger partial charge in [-0.2, -0.15) is 0 Å². The van der Waals surface area contributed by atoms with Gasteiger partial charge in [0.2, 0.25) is 0 Å². The van der Waals surface area contributed by atoms with Gasteiger partial charge >= 0.3 is 0 Å². The molecule has 0 aromatic carbocycles. The lowest BCUT2D eigenvalue weighted by Crippen LogP contribution is -2.64. The minimum atomic E-state index is -0.493. The van der Waals surface area contributed by atoms with Crippen LogP contribution in [0, 0.1) is 17.3 Å². The molecule has 1 aliphatic heterocycles. The van der Waals surface area contributed by atoms with Crippen LogP contribution in [-0.2, 0) is 4.74 Å². The van der Waals surface area contributed by atoms with Gasteiger partial charge in [0.05, 0.1) is 16.8 Å². The second kappa shape index (κ2) is 4.58. The third kappa shape index (κ3) is 2.21. The normalized spacial score (nSPS) is 57.2. The van der Waals surface area contributed by atoms with Gasteiger partial charge in [-0.25, -0.2) is 0 Å². The summed E-state index contributed by atoms with van der Waals surface area (Å²) in [5.41, 5.74) is -0.504. The lowest BCUT2D eigenvalue weighted by Gasteiger charge is -2.64. The Balaban J connectivity index is 1.94. The number of hydrogen-bond donors (Lipinski definition) is 1. The van der Waals surface area contributed by atoms with Gasteiger partial charge in [0.25, 0.3) is 0 Å². The Kier molecular flexibility index (Phi) is 3.39. The highest BCUT2D eigenvalue weighted by molar-refractivity contribution is 5.13. The number of fused-ring (bicyclic) bond motifs is 3. The van der Waals surface area contributed by atoms with Crippen LogP contribution < -0.4 is 0 Å². The van der Waals surface area contributed by atoms with Crippen molar-refractivity contribution in [1.29, 1.82) is 0 Å². The van der Waals surface area contributed by atoms with Gasteiger partial charge in [-0.15, -0.1) is 6.58 Å². The molecule has 0 bridgehead atoms. The molecular formula is C19H32O2. The Morgan fingerprint density at radius 2 is 1.67 bits per heavy atom. The molecule has 0 aromatic heterocycles. The van der Waals surface area contributed by atoms with Gasteiger partial charge < -0.3 is 9.84 Å². The number of ether oxygens (including phenoxy) is 1. The van der Waals surface area contributed by atoms with Crippen LogP contribution in [0.5, 0.6) is 0 Å². The van der Waals surface area contributed by atoms with Crippen molar-refractivity contribution in [3.63, 3.8) is 0 Å². The summed E-state index contributed by atoms with van der Waals surface area (Å²) in [7, 11) is 0. The van der Waals surface area contributed by atoms with E-state index < -0.39 is 5.60 Å². The van der Waals surface area contributed by atoms with Crippen LogP contribution >= 0.6 is 0 Å². The third-order valence-corrected chi connectivity index (χ3v) is 7.24. The lowest BCUT2D eigenvalue weighted by atomic mass is 9.46. The first-order valence-electron chi connectivity index (χ1n) is 8.71. The third-order valence-electron chi connectivity index (χ3n) is 7.24. The minimum Gasteiger partial charge on any atom is -0.390 e. The fourth-order valence-corrected chi connectivity index (χ4v) is 6.16. The Bertz CT molecular complexity index is 443. The van der Waals surface area contributed by atoms with E-state index in [1.165, 1.54) is 12.8 Å². The first-order valence-corrected chi connectivity index (χ1v) is 8.71. The molecular weight excluding hydrogens is 260 g/mol. The molecule has 1 saturated heterocycles. The van der Waals surface area contributed by atoms with Gasteiger partial charge in [-0.1, -0.05) is 19.4 Å². The van der Waals surface area contributed by atoms with Crippen LogP contribution in [0.25, 0.3) is 0 Å². The molecule has 0 spiro atoms. The van der Waals surface area contributed by atoms with Crippen LogP contribution in [0.3, 0.4) is 0 Å². The van der Waals surface area contributed by atoms with Crippen molar-refractivity contribution in [1.82, 2.24) is 0 Å². The van der Waals surface area contributed by atoms with Gasteiger partial charge in [0.15, 0.2) is 0 Å². The molecule has 21 heavy (non-hydrogen) atoms. The zero-order chi connectivity index (χ0) is 15.5. The van der Waals surface area contributed by atoms with E-state index in [1.807, 2.05) is 6.08 Å². The van der Waals surface area contributed by atoms with Gasteiger partial charge in [0, 0.05) is 0 Å². The Morgan fingerprint density at radius 1 is 1.00 bits per heavy atom. The number of hydrogen-bond acceptors (Lipinski definition) is 2. The first kappa shape index (κ1) is 15.6. The SMILES string of the molecule is C=C[C@]1(C)CC[C@@H]2[C@@]3(C)CCC[C@@](C)(O)[C@@H]3CC[C@@]2(C)O1. The highest BCUT2D eigenvalue weighted by Gasteiger charge is 2.61. The average molecular weight is 292 g/mol. The predicted octanol–water partition coefficient (Wildman–Crippen LogP) is 4.47. The van der Waals surface area contributed by atoms with E-state index in [-0.39, 0.29) is 16.6 Å². The van der Waals surface area contributed by atoms with E-state index in [0.717, 1.165) is 32.1 Å². The zero-order valence-electron chi connectivity index (χ0n) is 14.2. The van der Waals surface area contributed by atoms with Crippen LogP contribution in [0.1, 0.15) is 72.6 Å². The van der Waals surface area contributed by atoms with Crippen LogP contribution in [-0.4, -0.2) is 21.9 Å². The number of rotatable bonds is 1. The van der Waals surface area contributed by atoms with Gasteiger partial charge in [-0.05, 0) is 76.5 Å². The zero-order valence-corrected chi connectivity index (χ0v) is 14.2.